The van der Waals surface area contributed by atoms with Crippen molar-refractivity contribution in [3.8, 4) is 0 Å². The van der Waals surface area contributed by atoms with Gasteiger partial charge < -0.3 is 10.8 Å². The number of nitrogens with zero attached hydrogens (tertiary/aromatic N) is 1. The molecule has 0 bridgehead atoms. The van der Waals surface area contributed by atoms with E-state index >= 15 is 0 Å². The van der Waals surface area contributed by atoms with Gasteiger partial charge in [-0.05, 0) is 6.42 Å². The number of piperidine rings is 1. The third-order valence-corrected chi connectivity index (χ3v) is 1.67. The van der Waals surface area contributed by atoms with Crippen LogP contribution in [0.5, 0.6) is 0 Å². The van der Waals surface area contributed by atoms with Crippen LogP contribution in [0.1, 0.15) is 6.42 Å². The number of aliphatic hydroxyl groups excluding tert-OH is 1. The van der Waals surface area contributed by atoms with Gasteiger partial charge in [0.1, 0.15) is 0 Å². The van der Waals surface area contributed by atoms with Crippen LogP contribution in [-0.2, 0) is 0 Å². The number of hydrogen-bond acceptors (Lipinski definition) is 4. The van der Waals surface area contributed by atoms with Gasteiger partial charge in [-0.3, -0.25) is 5.84 Å². The second kappa shape index (κ2) is 2.62. The first-order valence-electron chi connectivity index (χ1n) is 3.13. The Labute approximate surface area is 54.4 Å². The molecule has 1 aliphatic heterocycles. The lowest BCUT2D eigenvalue weighted by Crippen LogP contribution is -2.52. The van der Waals surface area contributed by atoms with Crippen molar-refractivity contribution in [3.63, 3.8) is 0 Å². The van der Waals surface area contributed by atoms with E-state index in [1.807, 2.05) is 0 Å². The van der Waals surface area contributed by atoms with E-state index in [0.717, 1.165) is 13.0 Å². The van der Waals surface area contributed by atoms with Gasteiger partial charge in [0.15, 0.2) is 0 Å². The van der Waals surface area contributed by atoms with Crippen LogP contribution in [0.2, 0.25) is 0 Å². The van der Waals surface area contributed by atoms with Crippen LogP contribution in [0.3, 0.4) is 0 Å². The summed E-state index contributed by atoms with van der Waals surface area (Å²) in [7, 11) is 0. The summed E-state index contributed by atoms with van der Waals surface area (Å²) in [6.07, 6.45) is 0.348. The molecule has 0 aromatic carbocycles. The molecule has 0 radical (unpaired) electrons. The number of hydrazine groups is 1. The Morgan fingerprint density at radius 2 is 2.22 bits per heavy atom. The fourth-order valence-corrected chi connectivity index (χ4v) is 0.974. The number of hydrogen-bond donors (Lipinski definition) is 3. The molecule has 1 fully saturated rings. The molecule has 0 aromatic heterocycles. The third kappa shape index (κ3) is 1.62. The maximum Gasteiger partial charge on any atom is 0.0832 e. The Hall–Kier alpha value is -0.160. The molecule has 1 aliphatic rings. The molecule has 0 aromatic rings. The fraction of sp³-hybridized carbons (Fsp3) is 1.00. The third-order valence-electron chi connectivity index (χ3n) is 1.67. The van der Waals surface area contributed by atoms with E-state index in [-0.39, 0.29) is 6.04 Å². The topological polar surface area (TPSA) is 75.5 Å². The Bertz CT molecular complexity index is 98.2. The van der Waals surface area contributed by atoms with Crippen LogP contribution in [0.15, 0.2) is 0 Å². The predicted octanol–water partition coefficient (Wildman–Crippen LogP) is -1.75. The average Bonchev–Trinajstić information content (AvgIpc) is 1.80. The molecule has 1 saturated heterocycles. The van der Waals surface area contributed by atoms with Crippen molar-refractivity contribution in [1.29, 1.82) is 0 Å². The quantitative estimate of drug-likeness (QED) is 0.341. The van der Waals surface area contributed by atoms with E-state index < -0.39 is 6.10 Å². The van der Waals surface area contributed by atoms with Gasteiger partial charge >= 0.3 is 0 Å². The second-order valence-corrected chi connectivity index (χ2v) is 2.51. The number of nitrogens with two attached hydrogens (primary N) is 2. The zero-order chi connectivity index (χ0) is 6.85. The SMILES string of the molecule is NC1CCN(N)CC1O. The molecular formula is C5H13N3O. The van der Waals surface area contributed by atoms with Crippen molar-refractivity contribution in [2.24, 2.45) is 11.6 Å². The molecule has 1 rings (SSSR count). The summed E-state index contributed by atoms with van der Waals surface area (Å²) in [4.78, 5) is 0. The summed E-state index contributed by atoms with van der Waals surface area (Å²) in [5.74, 6) is 5.41. The van der Waals surface area contributed by atoms with Crippen molar-refractivity contribution in [2.45, 2.75) is 18.6 Å². The molecule has 5 N–H and O–H groups in total. The first-order valence-corrected chi connectivity index (χ1v) is 3.13. The smallest absolute Gasteiger partial charge is 0.0832 e. The van der Waals surface area contributed by atoms with Crippen LogP contribution < -0.4 is 11.6 Å². The van der Waals surface area contributed by atoms with Crippen LogP contribution in [-0.4, -0.2) is 35.4 Å². The zero-order valence-corrected chi connectivity index (χ0v) is 5.33. The van der Waals surface area contributed by atoms with Crippen molar-refractivity contribution in [1.82, 2.24) is 5.01 Å². The number of β-amino-alcohol motifs (C(OH)–C–C–N with tert-alkyl or cyclic N) is 1. The minimum Gasteiger partial charge on any atom is -0.390 e. The lowest BCUT2D eigenvalue weighted by atomic mass is 10.0. The van der Waals surface area contributed by atoms with Gasteiger partial charge in [-0.15, -0.1) is 0 Å². The van der Waals surface area contributed by atoms with E-state index in [0.29, 0.717) is 6.54 Å². The molecule has 9 heavy (non-hydrogen) atoms. The predicted molar refractivity (Wildman–Crippen MR) is 34.4 cm³/mol. The molecule has 2 atom stereocenters. The summed E-state index contributed by atoms with van der Waals surface area (Å²) < 4.78 is 0. The normalized spacial score (nSPS) is 39.0. The summed E-state index contributed by atoms with van der Waals surface area (Å²) in [6, 6.07) is -0.0789. The highest BCUT2D eigenvalue weighted by atomic mass is 16.3. The van der Waals surface area contributed by atoms with E-state index in [1.165, 1.54) is 0 Å². The van der Waals surface area contributed by atoms with Gasteiger partial charge in [-0.1, -0.05) is 0 Å². The van der Waals surface area contributed by atoms with E-state index in [9.17, 15) is 0 Å². The van der Waals surface area contributed by atoms with Gasteiger partial charge in [0.2, 0.25) is 0 Å². The molecule has 2 unspecified atom stereocenters. The number of rotatable bonds is 0. The minimum absolute atomic E-state index is 0.0789. The van der Waals surface area contributed by atoms with Gasteiger partial charge in [0.05, 0.1) is 6.10 Å². The largest absolute Gasteiger partial charge is 0.390 e. The highest BCUT2D eigenvalue weighted by Crippen LogP contribution is 2.04. The summed E-state index contributed by atoms with van der Waals surface area (Å²) >= 11 is 0. The lowest BCUT2D eigenvalue weighted by Gasteiger charge is -2.30. The molecule has 0 aliphatic carbocycles. The van der Waals surface area contributed by atoms with Crippen LogP contribution >= 0.6 is 0 Å². The van der Waals surface area contributed by atoms with Crippen LogP contribution in [0.4, 0.5) is 0 Å². The molecule has 54 valence electrons. The second-order valence-electron chi connectivity index (χ2n) is 2.51. The highest BCUT2D eigenvalue weighted by Gasteiger charge is 2.22. The van der Waals surface area contributed by atoms with Crippen molar-refractivity contribution in [3.05, 3.63) is 0 Å². The monoisotopic (exact) mass is 131 g/mol. The maximum absolute atomic E-state index is 9.10. The minimum atomic E-state index is -0.441. The molecule has 1 heterocycles. The lowest BCUT2D eigenvalue weighted by molar-refractivity contribution is 0.0537. The average molecular weight is 131 g/mol. The van der Waals surface area contributed by atoms with Crippen molar-refractivity contribution in [2.75, 3.05) is 13.1 Å². The molecule has 0 amide bonds. The van der Waals surface area contributed by atoms with Gasteiger partial charge in [0.25, 0.3) is 0 Å². The van der Waals surface area contributed by atoms with Gasteiger partial charge in [-0.2, -0.15) is 0 Å². The molecular weight excluding hydrogens is 118 g/mol. The van der Waals surface area contributed by atoms with E-state index in [1.54, 1.807) is 5.01 Å². The van der Waals surface area contributed by atoms with Gasteiger partial charge in [0, 0.05) is 19.1 Å². The molecule has 4 heteroatoms. The molecule has 0 saturated carbocycles. The molecule has 0 spiro atoms. The van der Waals surface area contributed by atoms with E-state index in [2.05, 4.69) is 0 Å². The van der Waals surface area contributed by atoms with E-state index in [4.69, 9.17) is 16.7 Å². The Kier molecular flexibility index (Phi) is 2.02. The Balaban J connectivity index is 2.35. The Morgan fingerprint density at radius 1 is 1.56 bits per heavy atom. The first kappa shape index (κ1) is 6.95. The summed E-state index contributed by atoms with van der Waals surface area (Å²) in [6.45, 7) is 1.29. The fourth-order valence-electron chi connectivity index (χ4n) is 0.974. The van der Waals surface area contributed by atoms with Gasteiger partial charge in [-0.25, -0.2) is 5.01 Å². The van der Waals surface area contributed by atoms with Crippen molar-refractivity contribution >= 4 is 0 Å². The first-order chi connectivity index (χ1) is 4.20. The standard InChI is InChI=1S/C5H13N3O/c6-4-1-2-8(7)3-5(4)9/h4-5,9H,1-3,6-7H2. The number of aliphatic hydroxyl groups is 1. The summed E-state index contributed by atoms with van der Waals surface area (Å²) in [5, 5.41) is 10.7. The Morgan fingerprint density at radius 3 is 2.67 bits per heavy atom. The zero-order valence-electron chi connectivity index (χ0n) is 5.33. The van der Waals surface area contributed by atoms with Crippen LogP contribution in [0, 0.1) is 0 Å². The maximum atomic E-state index is 9.10. The van der Waals surface area contributed by atoms with Crippen LogP contribution in [0.25, 0.3) is 0 Å². The van der Waals surface area contributed by atoms with Crippen molar-refractivity contribution < 1.29 is 5.11 Å². The molecule has 4 nitrogen and oxygen atoms in total. The summed E-state index contributed by atoms with van der Waals surface area (Å²) in [5.41, 5.74) is 5.51. The highest BCUT2D eigenvalue weighted by molar-refractivity contribution is 4.79.